The van der Waals surface area contributed by atoms with E-state index < -0.39 is 11.5 Å². The molecule has 21 heavy (non-hydrogen) atoms. The molecular weight excluding hydrogens is 266 g/mol. The molecule has 0 radical (unpaired) electrons. The van der Waals surface area contributed by atoms with Crippen molar-refractivity contribution >= 4 is 17.4 Å². The molecule has 3 rings (SSSR count). The number of hydrogen-bond donors (Lipinski definition) is 2. The number of amides is 1. The van der Waals surface area contributed by atoms with E-state index in [4.69, 9.17) is 0 Å². The first-order valence-corrected chi connectivity index (χ1v) is 7.37. The van der Waals surface area contributed by atoms with E-state index in [0.717, 1.165) is 29.6 Å². The fraction of sp³-hybridized carbons (Fsp3) is 0.412. The Morgan fingerprint density at radius 1 is 1.19 bits per heavy atom. The minimum Gasteiger partial charge on any atom is -0.480 e. The van der Waals surface area contributed by atoms with Crippen LogP contribution in [0.15, 0.2) is 35.9 Å². The third-order valence-corrected chi connectivity index (χ3v) is 4.64. The molecule has 4 nitrogen and oxygen atoms in total. The molecule has 2 N–H and O–H groups in total. The minimum absolute atomic E-state index is 0.171. The summed E-state index contributed by atoms with van der Waals surface area (Å²) in [6.07, 6.45) is 2.77. The molecule has 1 aromatic carbocycles. The van der Waals surface area contributed by atoms with Crippen LogP contribution in [-0.4, -0.2) is 22.5 Å². The highest BCUT2D eigenvalue weighted by Gasteiger charge is 2.47. The second-order valence-electron chi connectivity index (χ2n) is 5.98. The summed E-state index contributed by atoms with van der Waals surface area (Å²) in [6.45, 7) is 1.94. The van der Waals surface area contributed by atoms with Crippen molar-refractivity contribution in [3.63, 3.8) is 0 Å². The van der Waals surface area contributed by atoms with Crippen molar-refractivity contribution < 1.29 is 14.7 Å². The first kappa shape index (κ1) is 13.9. The van der Waals surface area contributed by atoms with E-state index in [1.165, 1.54) is 0 Å². The smallest absolute Gasteiger partial charge is 0.329 e. The Morgan fingerprint density at radius 2 is 1.81 bits per heavy atom. The molecule has 4 heteroatoms. The highest BCUT2D eigenvalue weighted by Crippen LogP contribution is 2.47. The maximum Gasteiger partial charge on any atom is 0.329 e. The van der Waals surface area contributed by atoms with Gasteiger partial charge in [-0.05, 0) is 30.9 Å². The minimum atomic E-state index is -1.05. The van der Waals surface area contributed by atoms with Crippen LogP contribution in [0.25, 0.3) is 5.57 Å². The van der Waals surface area contributed by atoms with E-state index in [2.05, 4.69) is 5.32 Å². The van der Waals surface area contributed by atoms with Crippen LogP contribution in [-0.2, 0) is 9.59 Å². The normalized spacial score (nSPS) is 23.0. The maximum atomic E-state index is 12.4. The Labute approximate surface area is 123 Å². The molecule has 0 bridgehead atoms. The SMILES string of the molecule is CC1=C(c2ccccc2)C1C(=O)NC1(C(=O)O)CCCC1. The van der Waals surface area contributed by atoms with E-state index in [1.54, 1.807) is 0 Å². The van der Waals surface area contributed by atoms with Crippen LogP contribution >= 0.6 is 0 Å². The number of rotatable bonds is 4. The van der Waals surface area contributed by atoms with Crippen molar-refractivity contribution in [3.8, 4) is 0 Å². The van der Waals surface area contributed by atoms with Gasteiger partial charge in [0.25, 0.3) is 0 Å². The number of benzene rings is 1. The zero-order valence-electron chi connectivity index (χ0n) is 12.1. The fourth-order valence-corrected chi connectivity index (χ4v) is 3.35. The molecular formula is C17H19NO3. The summed E-state index contributed by atoms with van der Waals surface area (Å²) >= 11 is 0. The molecule has 1 fully saturated rings. The summed E-state index contributed by atoms with van der Waals surface area (Å²) in [5.74, 6) is -1.34. The van der Waals surface area contributed by atoms with Crippen molar-refractivity contribution in [1.82, 2.24) is 5.32 Å². The second kappa shape index (κ2) is 5.02. The summed E-state index contributed by atoms with van der Waals surface area (Å²) in [6, 6.07) is 9.79. The van der Waals surface area contributed by atoms with E-state index in [1.807, 2.05) is 37.3 Å². The van der Waals surface area contributed by atoms with Crippen molar-refractivity contribution in [1.29, 1.82) is 0 Å². The predicted molar refractivity (Wildman–Crippen MR) is 79.5 cm³/mol. The quantitative estimate of drug-likeness (QED) is 0.893. The summed E-state index contributed by atoms with van der Waals surface area (Å²) in [5, 5.41) is 12.2. The van der Waals surface area contributed by atoms with Crippen LogP contribution in [0.5, 0.6) is 0 Å². The van der Waals surface area contributed by atoms with Crippen molar-refractivity contribution in [2.24, 2.45) is 5.92 Å². The van der Waals surface area contributed by atoms with Gasteiger partial charge in [0.1, 0.15) is 5.54 Å². The Morgan fingerprint density at radius 3 is 2.38 bits per heavy atom. The number of carbonyl (C=O) groups excluding carboxylic acids is 1. The Balaban J connectivity index is 1.72. The predicted octanol–water partition coefficient (Wildman–Crippen LogP) is 2.60. The zero-order chi connectivity index (χ0) is 15.0. The Bertz CT molecular complexity index is 612. The molecule has 1 saturated carbocycles. The van der Waals surface area contributed by atoms with Crippen molar-refractivity contribution in [2.45, 2.75) is 38.1 Å². The number of carbonyl (C=O) groups is 2. The number of carboxylic acid groups (broad SMARTS) is 1. The second-order valence-corrected chi connectivity index (χ2v) is 5.98. The number of hydrogen-bond acceptors (Lipinski definition) is 2. The summed E-state index contributed by atoms with van der Waals surface area (Å²) in [7, 11) is 0. The van der Waals surface area contributed by atoms with E-state index >= 15 is 0 Å². The largest absolute Gasteiger partial charge is 0.480 e. The standard InChI is InChI=1S/C17H19NO3/c1-11-13(12-7-3-2-4-8-12)14(11)15(19)18-17(16(20)21)9-5-6-10-17/h2-4,7-8,14H,5-6,9-10H2,1H3,(H,18,19)(H,20,21). The molecule has 0 spiro atoms. The first-order chi connectivity index (χ1) is 10.1. The van der Waals surface area contributed by atoms with Gasteiger partial charge in [-0.15, -0.1) is 0 Å². The van der Waals surface area contributed by atoms with Gasteiger partial charge in [0.2, 0.25) is 5.91 Å². The molecule has 1 amide bonds. The lowest BCUT2D eigenvalue weighted by Gasteiger charge is -2.25. The van der Waals surface area contributed by atoms with Gasteiger partial charge in [0, 0.05) is 0 Å². The molecule has 0 saturated heterocycles. The van der Waals surface area contributed by atoms with Crippen LogP contribution in [0, 0.1) is 5.92 Å². The van der Waals surface area contributed by atoms with Crippen LogP contribution in [0.4, 0.5) is 0 Å². The number of carboxylic acids is 1. The lowest BCUT2D eigenvalue weighted by atomic mass is 9.97. The topological polar surface area (TPSA) is 66.4 Å². The van der Waals surface area contributed by atoms with Crippen LogP contribution in [0.1, 0.15) is 38.2 Å². The zero-order valence-corrected chi connectivity index (χ0v) is 12.1. The number of nitrogens with one attached hydrogen (secondary N) is 1. The van der Waals surface area contributed by atoms with E-state index in [-0.39, 0.29) is 11.8 Å². The molecule has 1 atom stereocenters. The van der Waals surface area contributed by atoms with Gasteiger partial charge in [-0.2, -0.15) is 0 Å². The fourth-order valence-electron chi connectivity index (χ4n) is 3.35. The van der Waals surface area contributed by atoms with Gasteiger partial charge in [-0.3, -0.25) is 4.79 Å². The van der Waals surface area contributed by atoms with E-state index in [9.17, 15) is 14.7 Å². The molecule has 0 aliphatic heterocycles. The van der Waals surface area contributed by atoms with Crippen molar-refractivity contribution in [2.75, 3.05) is 0 Å². The van der Waals surface area contributed by atoms with Gasteiger partial charge < -0.3 is 10.4 Å². The molecule has 110 valence electrons. The molecule has 2 aliphatic rings. The van der Waals surface area contributed by atoms with E-state index in [0.29, 0.717) is 12.8 Å². The lowest BCUT2D eigenvalue weighted by Crippen LogP contribution is -2.53. The first-order valence-electron chi connectivity index (χ1n) is 7.37. The number of aliphatic carboxylic acids is 1. The average Bonchev–Trinajstić information content (AvgIpc) is 2.92. The molecule has 1 unspecified atom stereocenters. The van der Waals surface area contributed by atoms with Gasteiger partial charge in [-0.1, -0.05) is 48.7 Å². The summed E-state index contributed by atoms with van der Waals surface area (Å²) < 4.78 is 0. The highest BCUT2D eigenvalue weighted by molar-refractivity contribution is 6.07. The van der Waals surface area contributed by atoms with Gasteiger partial charge in [0.05, 0.1) is 5.92 Å². The molecule has 2 aliphatic carbocycles. The van der Waals surface area contributed by atoms with Crippen molar-refractivity contribution in [3.05, 3.63) is 41.5 Å². The summed E-state index contributed by atoms with van der Waals surface area (Å²) in [4.78, 5) is 24.0. The molecule has 0 aromatic heterocycles. The van der Waals surface area contributed by atoms with Gasteiger partial charge >= 0.3 is 5.97 Å². The van der Waals surface area contributed by atoms with Gasteiger partial charge in [-0.25, -0.2) is 4.79 Å². The monoisotopic (exact) mass is 285 g/mol. The third-order valence-electron chi connectivity index (χ3n) is 4.64. The van der Waals surface area contributed by atoms with Crippen LogP contribution < -0.4 is 5.32 Å². The lowest BCUT2D eigenvalue weighted by molar-refractivity contribution is -0.147. The summed E-state index contributed by atoms with van der Waals surface area (Å²) in [5.41, 5.74) is 2.07. The molecule has 1 aromatic rings. The average molecular weight is 285 g/mol. The molecule has 0 heterocycles. The van der Waals surface area contributed by atoms with Gasteiger partial charge in [0.15, 0.2) is 0 Å². The Hall–Kier alpha value is -2.10. The highest BCUT2D eigenvalue weighted by atomic mass is 16.4. The third kappa shape index (κ3) is 2.35. The van der Waals surface area contributed by atoms with Crippen LogP contribution in [0.3, 0.4) is 0 Å². The van der Waals surface area contributed by atoms with Crippen LogP contribution in [0.2, 0.25) is 0 Å². The Kier molecular flexibility index (Phi) is 3.32. The maximum absolute atomic E-state index is 12.4.